The van der Waals surface area contributed by atoms with Crippen LogP contribution in [0.2, 0.25) is 0 Å². The molecule has 0 bridgehead atoms. The summed E-state index contributed by atoms with van der Waals surface area (Å²) in [6.07, 6.45) is 6.31. The zero-order chi connectivity index (χ0) is 15.2. The molecule has 1 N–H and O–H groups in total. The van der Waals surface area contributed by atoms with E-state index in [9.17, 15) is 13.6 Å². The van der Waals surface area contributed by atoms with Gasteiger partial charge in [0.2, 0.25) is 5.91 Å². The number of rotatable bonds is 5. The number of nitrogens with zero attached hydrogens (tertiary/aromatic N) is 2. The van der Waals surface area contributed by atoms with Gasteiger partial charge in [0.15, 0.2) is 0 Å². The standard InChI is InChI=1S/C15H15F2N3O/c1-20-10-9-18-14(20)7-8-19-15(21)6-5-11-12(16)3-2-4-13(11)17/h2-6,9-10H,7-8H2,1H3,(H,19,21)/b6-5+. The summed E-state index contributed by atoms with van der Waals surface area (Å²) in [6, 6.07) is 3.55. The molecule has 1 amide bonds. The molecule has 0 saturated heterocycles. The minimum atomic E-state index is -0.702. The largest absolute Gasteiger partial charge is 0.352 e. The lowest BCUT2D eigenvalue weighted by Gasteiger charge is -2.03. The van der Waals surface area contributed by atoms with E-state index >= 15 is 0 Å². The monoisotopic (exact) mass is 291 g/mol. The van der Waals surface area contributed by atoms with Gasteiger partial charge in [-0.3, -0.25) is 4.79 Å². The maximum atomic E-state index is 13.3. The molecule has 21 heavy (non-hydrogen) atoms. The fraction of sp³-hybridized carbons (Fsp3) is 0.200. The number of aromatic nitrogens is 2. The Labute approximate surface area is 121 Å². The Morgan fingerprint density at radius 3 is 2.71 bits per heavy atom. The molecule has 2 aromatic rings. The van der Waals surface area contributed by atoms with E-state index in [4.69, 9.17) is 0 Å². The number of hydrogen-bond donors (Lipinski definition) is 1. The van der Waals surface area contributed by atoms with Crippen molar-refractivity contribution in [3.63, 3.8) is 0 Å². The number of amides is 1. The molecule has 0 aliphatic heterocycles. The van der Waals surface area contributed by atoms with E-state index in [0.717, 1.165) is 30.1 Å². The van der Waals surface area contributed by atoms with Crippen LogP contribution in [0.25, 0.3) is 6.08 Å². The van der Waals surface area contributed by atoms with Gasteiger partial charge in [-0.05, 0) is 18.2 Å². The van der Waals surface area contributed by atoms with E-state index in [0.29, 0.717) is 13.0 Å². The van der Waals surface area contributed by atoms with Gasteiger partial charge in [-0.1, -0.05) is 6.07 Å². The van der Waals surface area contributed by atoms with Crippen LogP contribution < -0.4 is 5.32 Å². The Morgan fingerprint density at radius 2 is 2.10 bits per heavy atom. The molecule has 0 unspecified atom stereocenters. The van der Waals surface area contributed by atoms with Crippen LogP contribution >= 0.6 is 0 Å². The van der Waals surface area contributed by atoms with Crippen LogP contribution in [-0.4, -0.2) is 22.0 Å². The van der Waals surface area contributed by atoms with Crippen molar-refractivity contribution < 1.29 is 13.6 Å². The number of benzene rings is 1. The van der Waals surface area contributed by atoms with Gasteiger partial charge in [-0.25, -0.2) is 13.8 Å². The second-order valence-electron chi connectivity index (χ2n) is 4.46. The normalized spacial score (nSPS) is 11.0. The minimum Gasteiger partial charge on any atom is -0.352 e. The zero-order valence-electron chi connectivity index (χ0n) is 11.5. The summed E-state index contributed by atoms with van der Waals surface area (Å²) in [6.45, 7) is 0.397. The highest BCUT2D eigenvalue weighted by atomic mass is 19.1. The predicted octanol–water partition coefficient (Wildman–Crippen LogP) is 2.07. The third-order valence-electron chi connectivity index (χ3n) is 2.97. The first kappa shape index (κ1) is 14.9. The van der Waals surface area contributed by atoms with E-state index < -0.39 is 17.5 Å². The van der Waals surface area contributed by atoms with Crippen LogP contribution in [-0.2, 0) is 18.3 Å². The molecule has 0 spiro atoms. The molecule has 0 atom stereocenters. The SMILES string of the molecule is Cn1ccnc1CCNC(=O)/C=C/c1c(F)cccc1F. The summed E-state index contributed by atoms with van der Waals surface area (Å²) in [5, 5.41) is 2.63. The average Bonchev–Trinajstić information content (AvgIpc) is 2.84. The van der Waals surface area contributed by atoms with Crippen LogP contribution in [0.3, 0.4) is 0 Å². The molecule has 110 valence electrons. The number of imidazole rings is 1. The van der Waals surface area contributed by atoms with Gasteiger partial charge in [0.1, 0.15) is 17.5 Å². The number of nitrogens with one attached hydrogen (secondary N) is 1. The molecule has 0 radical (unpaired) electrons. The fourth-order valence-electron chi connectivity index (χ4n) is 1.82. The van der Waals surface area contributed by atoms with Crippen LogP contribution in [0.5, 0.6) is 0 Å². The molecular formula is C15H15F2N3O. The third kappa shape index (κ3) is 3.98. The molecule has 6 heteroatoms. The van der Waals surface area contributed by atoms with Crippen molar-refractivity contribution in [2.24, 2.45) is 7.05 Å². The predicted molar refractivity (Wildman–Crippen MR) is 75.3 cm³/mol. The molecule has 0 fully saturated rings. The van der Waals surface area contributed by atoms with Crippen molar-refractivity contribution in [1.82, 2.24) is 14.9 Å². The van der Waals surface area contributed by atoms with Crippen molar-refractivity contribution in [2.45, 2.75) is 6.42 Å². The van der Waals surface area contributed by atoms with Crippen molar-refractivity contribution in [1.29, 1.82) is 0 Å². The number of carbonyl (C=O) groups excluding carboxylic acids is 1. The van der Waals surface area contributed by atoms with E-state index in [-0.39, 0.29) is 5.56 Å². The molecule has 2 rings (SSSR count). The highest BCUT2D eigenvalue weighted by molar-refractivity contribution is 5.91. The minimum absolute atomic E-state index is 0.225. The lowest BCUT2D eigenvalue weighted by molar-refractivity contribution is -0.116. The maximum absolute atomic E-state index is 13.3. The summed E-state index contributed by atoms with van der Waals surface area (Å²) in [4.78, 5) is 15.7. The van der Waals surface area contributed by atoms with E-state index in [2.05, 4.69) is 10.3 Å². The summed E-state index contributed by atoms with van der Waals surface area (Å²) < 4.78 is 28.6. The van der Waals surface area contributed by atoms with Crippen LogP contribution in [0.15, 0.2) is 36.7 Å². The first-order valence-corrected chi connectivity index (χ1v) is 6.44. The number of aryl methyl sites for hydroxylation is 1. The van der Waals surface area contributed by atoms with Crippen molar-refractivity contribution in [3.8, 4) is 0 Å². The van der Waals surface area contributed by atoms with E-state index in [1.807, 2.05) is 17.8 Å². The second kappa shape index (κ2) is 6.78. The lowest BCUT2D eigenvalue weighted by atomic mass is 10.2. The quantitative estimate of drug-likeness (QED) is 0.857. The molecular weight excluding hydrogens is 276 g/mol. The second-order valence-corrected chi connectivity index (χ2v) is 4.46. The van der Waals surface area contributed by atoms with Gasteiger partial charge >= 0.3 is 0 Å². The van der Waals surface area contributed by atoms with Crippen molar-refractivity contribution in [3.05, 3.63) is 59.7 Å². The zero-order valence-corrected chi connectivity index (χ0v) is 11.5. The molecule has 0 aliphatic carbocycles. The Bertz CT molecular complexity index is 644. The van der Waals surface area contributed by atoms with Crippen molar-refractivity contribution >= 4 is 12.0 Å². The Hall–Kier alpha value is -2.50. The Kier molecular flexibility index (Phi) is 4.81. The molecule has 4 nitrogen and oxygen atoms in total. The summed E-state index contributed by atoms with van der Waals surface area (Å²) >= 11 is 0. The lowest BCUT2D eigenvalue weighted by Crippen LogP contribution is -2.24. The smallest absolute Gasteiger partial charge is 0.244 e. The van der Waals surface area contributed by atoms with Crippen LogP contribution in [0.4, 0.5) is 8.78 Å². The van der Waals surface area contributed by atoms with Gasteiger partial charge in [-0.2, -0.15) is 0 Å². The highest BCUT2D eigenvalue weighted by Gasteiger charge is 2.05. The van der Waals surface area contributed by atoms with Gasteiger partial charge < -0.3 is 9.88 Å². The maximum Gasteiger partial charge on any atom is 0.244 e. The number of carbonyl (C=O) groups is 1. The third-order valence-corrected chi connectivity index (χ3v) is 2.97. The molecule has 0 aliphatic rings. The molecule has 1 aromatic heterocycles. The Morgan fingerprint density at radius 1 is 1.38 bits per heavy atom. The summed E-state index contributed by atoms with van der Waals surface area (Å²) in [5.74, 6) is -0.967. The highest BCUT2D eigenvalue weighted by Crippen LogP contribution is 2.13. The van der Waals surface area contributed by atoms with E-state index in [1.54, 1.807) is 6.20 Å². The molecule has 0 saturated carbocycles. The Balaban J connectivity index is 1.87. The first-order valence-electron chi connectivity index (χ1n) is 6.44. The van der Waals surface area contributed by atoms with E-state index in [1.165, 1.54) is 6.07 Å². The van der Waals surface area contributed by atoms with Gasteiger partial charge in [0.05, 0.1) is 0 Å². The topological polar surface area (TPSA) is 46.9 Å². The molecule has 1 heterocycles. The summed E-state index contributed by atoms with van der Waals surface area (Å²) in [5.41, 5.74) is -0.225. The molecule has 1 aromatic carbocycles. The van der Waals surface area contributed by atoms with Crippen LogP contribution in [0, 0.1) is 11.6 Å². The average molecular weight is 291 g/mol. The van der Waals surface area contributed by atoms with Crippen LogP contribution in [0.1, 0.15) is 11.4 Å². The fourth-order valence-corrected chi connectivity index (χ4v) is 1.82. The number of hydrogen-bond acceptors (Lipinski definition) is 2. The van der Waals surface area contributed by atoms with Crippen molar-refractivity contribution in [2.75, 3.05) is 6.54 Å². The van der Waals surface area contributed by atoms with Gasteiger partial charge in [0, 0.05) is 44.0 Å². The summed E-state index contributed by atoms with van der Waals surface area (Å²) in [7, 11) is 1.87. The first-order chi connectivity index (χ1) is 10.1. The number of halogens is 2. The van der Waals surface area contributed by atoms with Gasteiger partial charge in [0.25, 0.3) is 0 Å². The van der Waals surface area contributed by atoms with Gasteiger partial charge in [-0.15, -0.1) is 0 Å².